The molecule has 0 spiro atoms. The summed E-state index contributed by atoms with van der Waals surface area (Å²) in [5, 5.41) is 10.0. The Morgan fingerprint density at radius 3 is 2.70 bits per heavy atom. The number of carbonyl (C=O) groups excluding carboxylic acids is 1. The molecule has 0 unspecified atom stereocenters. The summed E-state index contributed by atoms with van der Waals surface area (Å²) in [5.41, 5.74) is 4.50. The number of anilines is 4. The van der Waals surface area contributed by atoms with Crippen LogP contribution in [0.3, 0.4) is 0 Å². The minimum atomic E-state index is -0.289. The molecule has 2 N–H and O–H groups in total. The molecule has 0 bridgehead atoms. The van der Waals surface area contributed by atoms with E-state index in [9.17, 15) is 4.79 Å². The molecule has 1 amide bonds. The summed E-state index contributed by atoms with van der Waals surface area (Å²) in [6, 6.07) is 15.4. The second-order valence-electron chi connectivity index (χ2n) is 7.48. The van der Waals surface area contributed by atoms with Gasteiger partial charge in [0.1, 0.15) is 5.52 Å². The Morgan fingerprint density at radius 2 is 1.91 bits per heavy atom. The lowest BCUT2D eigenvalue weighted by atomic mass is 10.1. The standard InChI is InChI=1S/C24H22N6O3/c1-2-21(31)26-18-5-3-4-16(14-18)23-22-20(29-33-23)15-25-24(28-22)27-17-6-8-19(9-7-17)30-10-12-32-13-11-30/h2-9,14-15H,1,10-13H2,(H,26,31)(H,27,28). The first-order chi connectivity index (χ1) is 16.2. The van der Waals surface area contributed by atoms with Crippen LogP contribution >= 0.6 is 0 Å². The van der Waals surface area contributed by atoms with E-state index in [0.29, 0.717) is 28.4 Å². The maximum atomic E-state index is 11.6. The van der Waals surface area contributed by atoms with Crippen LogP contribution in [0.4, 0.5) is 23.0 Å². The molecule has 0 radical (unpaired) electrons. The Bertz CT molecular complexity index is 1300. The summed E-state index contributed by atoms with van der Waals surface area (Å²) in [5.74, 6) is 0.637. The Hall–Kier alpha value is -4.24. The normalized spacial score (nSPS) is 13.6. The van der Waals surface area contributed by atoms with E-state index in [1.54, 1.807) is 18.3 Å². The number of nitrogens with one attached hydrogen (secondary N) is 2. The van der Waals surface area contributed by atoms with Gasteiger partial charge < -0.3 is 24.8 Å². The predicted molar refractivity (Wildman–Crippen MR) is 127 cm³/mol. The summed E-state index contributed by atoms with van der Waals surface area (Å²) in [4.78, 5) is 22.9. The van der Waals surface area contributed by atoms with Gasteiger partial charge in [0, 0.05) is 35.7 Å². The molecule has 2 aromatic carbocycles. The molecule has 5 rings (SSSR count). The van der Waals surface area contributed by atoms with Crippen molar-refractivity contribution in [3.63, 3.8) is 0 Å². The van der Waals surface area contributed by atoms with Gasteiger partial charge in [-0.05, 0) is 42.5 Å². The van der Waals surface area contributed by atoms with Crippen LogP contribution in [0.25, 0.3) is 22.4 Å². The van der Waals surface area contributed by atoms with Gasteiger partial charge in [-0.1, -0.05) is 23.9 Å². The molecular weight excluding hydrogens is 420 g/mol. The smallest absolute Gasteiger partial charge is 0.247 e. The first kappa shape index (κ1) is 20.7. The lowest BCUT2D eigenvalue weighted by molar-refractivity contribution is -0.111. The Morgan fingerprint density at radius 1 is 1.09 bits per heavy atom. The number of hydrogen-bond acceptors (Lipinski definition) is 8. The van der Waals surface area contributed by atoms with Gasteiger partial charge in [-0.3, -0.25) is 4.79 Å². The van der Waals surface area contributed by atoms with Gasteiger partial charge in [0.2, 0.25) is 11.9 Å². The van der Waals surface area contributed by atoms with Crippen LogP contribution in [-0.4, -0.2) is 47.3 Å². The average Bonchev–Trinajstić information content (AvgIpc) is 3.28. The fourth-order valence-corrected chi connectivity index (χ4v) is 3.63. The van der Waals surface area contributed by atoms with Crippen molar-refractivity contribution in [1.29, 1.82) is 0 Å². The van der Waals surface area contributed by atoms with Crippen LogP contribution in [0.1, 0.15) is 0 Å². The van der Waals surface area contributed by atoms with Crippen molar-refractivity contribution < 1.29 is 14.1 Å². The van der Waals surface area contributed by atoms with Gasteiger partial charge in [-0.25, -0.2) is 9.97 Å². The first-order valence-electron chi connectivity index (χ1n) is 10.6. The van der Waals surface area contributed by atoms with Gasteiger partial charge in [-0.15, -0.1) is 0 Å². The maximum absolute atomic E-state index is 11.6. The van der Waals surface area contributed by atoms with Crippen molar-refractivity contribution in [2.24, 2.45) is 0 Å². The van der Waals surface area contributed by atoms with Gasteiger partial charge in [-0.2, -0.15) is 0 Å². The molecule has 9 heteroatoms. The minimum Gasteiger partial charge on any atom is -0.378 e. The molecule has 0 aliphatic carbocycles. The molecule has 2 aromatic heterocycles. The number of carbonyl (C=O) groups is 1. The zero-order chi connectivity index (χ0) is 22.6. The molecule has 9 nitrogen and oxygen atoms in total. The number of benzene rings is 2. The van der Waals surface area contributed by atoms with E-state index in [1.165, 1.54) is 6.08 Å². The van der Waals surface area contributed by atoms with E-state index in [1.807, 2.05) is 24.3 Å². The van der Waals surface area contributed by atoms with Crippen molar-refractivity contribution >= 4 is 40.0 Å². The van der Waals surface area contributed by atoms with Crippen molar-refractivity contribution in [3.05, 3.63) is 67.4 Å². The SMILES string of the molecule is C=CC(=O)Nc1cccc(-c2onc3cnc(Nc4ccc(N5CCOCC5)cc4)nc23)c1. The quantitative estimate of drug-likeness (QED) is 0.432. The number of morpholine rings is 1. The van der Waals surface area contributed by atoms with Gasteiger partial charge in [0.15, 0.2) is 11.3 Å². The van der Waals surface area contributed by atoms with Gasteiger partial charge in [0.25, 0.3) is 0 Å². The van der Waals surface area contributed by atoms with Crippen molar-refractivity contribution in [2.75, 3.05) is 41.8 Å². The van der Waals surface area contributed by atoms with E-state index >= 15 is 0 Å². The summed E-state index contributed by atoms with van der Waals surface area (Å²) < 4.78 is 11.0. The summed E-state index contributed by atoms with van der Waals surface area (Å²) in [6.45, 7) is 6.75. The Labute approximate surface area is 190 Å². The second kappa shape index (κ2) is 9.09. The first-order valence-corrected chi connectivity index (χ1v) is 10.6. The highest BCUT2D eigenvalue weighted by Gasteiger charge is 2.15. The fourth-order valence-electron chi connectivity index (χ4n) is 3.63. The number of fused-ring (bicyclic) bond motifs is 1. The molecule has 1 saturated heterocycles. The number of amides is 1. The molecule has 3 heterocycles. The molecule has 0 atom stereocenters. The monoisotopic (exact) mass is 442 g/mol. The highest BCUT2D eigenvalue weighted by molar-refractivity contribution is 5.99. The molecule has 1 aliphatic heterocycles. The van der Waals surface area contributed by atoms with Crippen molar-refractivity contribution in [1.82, 2.24) is 15.1 Å². The maximum Gasteiger partial charge on any atom is 0.247 e. The molecule has 33 heavy (non-hydrogen) atoms. The lowest BCUT2D eigenvalue weighted by Gasteiger charge is -2.28. The van der Waals surface area contributed by atoms with Crippen molar-refractivity contribution in [3.8, 4) is 11.3 Å². The zero-order valence-electron chi connectivity index (χ0n) is 17.8. The number of aromatic nitrogens is 3. The molecule has 0 saturated carbocycles. The topological polar surface area (TPSA) is 105 Å². The van der Waals surface area contributed by atoms with E-state index in [0.717, 1.165) is 43.2 Å². The van der Waals surface area contributed by atoms with Crippen LogP contribution < -0.4 is 15.5 Å². The highest BCUT2D eigenvalue weighted by atomic mass is 16.5. The second-order valence-corrected chi connectivity index (χ2v) is 7.48. The van der Waals surface area contributed by atoms with Gasteiger partial charge in [0.05, 0.1) is 19.4 Å². The van der Waals surface area contributed by atoms with Crippen LogP contribution in [0.2, 0.25) is 0 Å². The third kappa shape index (κ3) is 4.53. The molecule has 1 fully saturated rings. The van der Waals surface area contributed by atoms with Crippen molar-refractivity contribution in [2.45, 2.75) is 0 Å². The van der Waals surface area contributed by atoms with Crippen LogP contribution in [0, 0.1) is 0 Å². The van der Waals surface area contributed by atoms with E-state index in [-0.39, 0.29) is 5.91 Å². The summed E-state index contributed by atoms with van der Waals surface area (Å²) in [7, 11) is 0. The van der Waals surface area contributed by atoms with Gasteiger partial charge >= 0.3 is 0 Å². The largest absolute Gasteiger partial charge is 0.378 e. The highest BCUT2D eigenvalue weighted by Crippen LogP contribution is 2.30. The summed E-state index contributed by atoms with van der Waals surface area (Å²) >= 11 is 0. The zero-order valence-corrected chi connectivity index (χ0v) is 17.8. The van der Waals surface area contributed by atoms with E-state index in [4.69, 9.17) is 9.26 Å². The molecule has 1 aliphatic rings. The molecule has 4 aromatic rings. The van der Waals surface area contributed by atoms with Crippen LogP contribution in [0.15, 0.2) is 71.9 Å². The molecular formula is C24H22N6O3. The number of hydrogen-bond donors (Lipinski definition) is 2. The number of ether oxygens (including phenoxy) is 1. The van der Waals surface area contributed by atoms with E-state index in [2.05, 4.69) is 49.4 Å². The van der Waals surface area contributed by atoms with Crippen LogP contribution in [0.5, 0.6) is 0 Å². The third-order valence-corrected chi connectivity index (χ3v) is 5.30. The Kier molecular flexibility index (Phi) is 5.69. The summed E-state index contributed by atoms with van der Waals surface area (Å²) in [6.07, 6.45) is 2.83. The number of rotatable bonds is 6. The average molecular weight is 442 g/mol. The Balaban J connectivity index is 1.38. The van der Waals surface area contributed by atoms with E-state index < -0.39 is 0 Å². The lowest BCUT2D eigenvalue weighted by Crippen LogP contribution is -2.36. The fraction of sp³-hybridized carbons (Fsp3) is 0.167. The minimum absolute atomic E-state index is 0.289. The third-order valence-electron chi connectivity index (χ3n) is 5.30. The number of nitrogens with zero attached hydrogens (tertiary/aromatic N) is 4. The predicted octanol–water partition coefficient (Wildman–Crippen LogP) is 3.99. The van der Waals surface area contributed by atoms with Crippen LogP contribution in [-0.2, 0) is 9.53 Å². The molecule has 166 valence electrons.